The van der Waals surface area contributed by atoms with Gasteiger partial charge >= 0.3 is 0 Å². The Morgan fingerprint density at radius 2 is 1.50 bits per heavy atom. The molecule has 194 valence electrons. The van der Waals surface area contributed by atoms with Crippen molar-refractivity contribution in [2.24, 2.45) is 0 Å². The van der Waals surface area contributed by atoms with E-state index >= 15 is 0 Å². The van der Waals surface area contributed by atoms with Crippen LogP contribution in [0.2, 0.25) is 5.04 Å². The lowest BCUT2D eigenvalue weighted by molar-refractivity contribution is 0.00735. The molecular formula is C30H39FO4Si. The molecule has 1 atom stereocenters. The maximum Gasteiger partial charge on any atom is 0.258 e. The highest BCUT2D eigenvalue weighted by atomic mass is 28.4. The van der Waals surface area contributed by atoms with Gasteiger partial charge in [0.1, 0.15) is 17.7 Å². The molecule has 6 heteroatoms. The lowest BCUT2D eigenvalue weighted by atomic mass is 10.1. The van der Waals surface area contributed by atoms with E-state index in [1.807, 2.05) is 60.7 Å². The number of rotatable bonds is 14. The molecule has 0 saturated carbocycles. The molecule has 0 aliphatic rings. The predicted molar refractivity (Wildman–Crippen MR) is 146 cm³/mol. The number of ether oxygens (including phenoxy) is 2. The van der Waals surface area contributed by atoms with E-state index in [0.29, 0.717) is 30.9 Å². The van der Waals surface area contributed by atoms with Gasteiger partial charge in [-0.1, -0.05) is 87.9 Å². The summed E-state index contributed by atoms with van der Waals surface area (Å²) in [4.78, 5) is 12.3. The molecule has 4 nitrogen and oxygen atoms in total. The van der Waals surface area contributed by atoms with E-state index in [4.69, 9.17) is 9.47 Å². The minimum Gasteiger partial charge on any atom is -0.493 e. The van der Waals surface area contributed by atoms with Crippen LogP contribution in [0.1, 0.15) is 58.1 Å². The molecular weight excluding hydrogens is 471 g/mol. The first-order valence-corrected chi connectivity index (χ1v) is 14.8. The van der Waals surface area contributed by atoms with E-state index in [1.165, 1.54) is 12.1 Å². The second kappa shape index (κ2) is 13.2. The lowest BCUT2D eigenvalue weighted by Gasteiger charge is -2.41. The van der Waals surface area contributed by atoms with Crippen LogP contribution in [-0.4, -0.2) is 38.0 Å². The standard InChI is InChI=1S/C30H39FO4Si/c1-4-5-20-34-28-18-17-24(31)22-27(28)29(23-32)35-21-12-19-30(2,3)36(33,25-13-8-6-9-14-25)26-15-10-7-11-16-26/h6-11,13-18,22,29,32-33H,4-5,12,19-21,23H2,1-3H3/t29-/m0/s1. The van der Waals surface area contributed by atoms with E-state index in [9.17, 15) is 14.3 Å². The fourth-order valence-corrected chi connectivity index (χ4v) is 8.48. The normalized spacial score (nSPS) is 12.9. The zero-order valence-electron chi connectivity index (χ0n) is 21.6. The van der Waals surface area contributed by atoms with Gasteiger partial charge in [0.15, 0.2) is 0 Å². The third-order valence-corrected chi connectivity index (χ3v) is 11.4. The van der Waals surface area contributed by atoms with Gasteiger partial charge in [-0.15, -0.1) is 0 Å². The smallest absolute Gasteiger partial charge is 0.258 e. The van der Waals surface area contributed by atoms with E-state index in [2.05, 4.69) is 20.8 Å². The molecule has 0 aliphatic heterocycles. The molecule has 0 aromatic heterocycles. The van der Waals surface area contributed by atoms with Crippen molar-refractivity contribution in [3.8, 4) is 5.75 Å². The van der Waals surface area contributed by atoms with Crippen molar-refractivity contribution >= 4 is 18.7 Å². The fraction of sp³-hybridized carbons (Fsp3) is 0.400. The summed E-state index contributed by atoms with van der Waals surface area (Å²) in [6, 6.07) is 24.2. The van der Waals surface area contributed by atoms with Gasteiger partial charge in [-0.05, 0) is 52.9 Å². The first-order valence-electron chi connectivity index (χ1n) is 12.8. The van der Waals surface area contributed by atoms with E-state index in [1.54, 1.807) is 6.07 Å². The Labute approximate surface area is 215 Å². The van der Waals surface area contributed by atoms with E-state index in [0.717, 1.165) is 29.6 Å². The van der Waals surface area contributed by atoms with Crippen molar-refractivity contribution in [2.45, 2.75) is 57.6 Å². The van der Waals surface area contributed by atoms with Crippen molar-refractivity contribution in [1.29, 1.82) is 0 Å². The molecule has 0 amide bonds. The first kappa shape index (κ1) is 28.1. The van der Waals surface area contributed by atoms with Gasteiger partial charge in [0.2, 0.25) is 0 Å². The molecule has 0 bridgehead atoms. The maximum absolute atomic E-state index is 14.0. The SMILES string of the molecule is CCCCOc1ccc(F)cc1[C@H](CO)OCCCC(C)(C)[Si](O)(c1ccccc1)c1ccccc1. The van der Waals surface area contributed by atoms with Crippen LogP contribution in [0, 0.1) is 5.82 Å². The van der Waals surface area contributed by atoms with Gasteiger partial charge < -0.3 is 19.4 Å². The van der Waals surface area contributed by atoms with Crippen LogP contribution in [-0.2, 0) is 4.74 Å². The predicted octanol–water partition coefficient (Wildman–Crippen LogP) is 5.37. The maximum atomic E-state index is 14.0. The van der Waals surface area contributed by atoms with E-state index < -0.39 is 20.2 Å². The number of hydrogen-bond acceptors (Lipinski definition) is 4. The third-order valence-electron chi connectivity index (χ3n) is 6.87. The minimum absolute atomic E-state index is 0.274. The molecule has 2 N–H and O–H groups in total. The molecule has 0 radical (unpaired) electrons. The first-order chi connectivity index (χ1) is 17.3. The van der Waals surface area contributed by atoms with Crippen molar-refractivity contribution in [1.82, 2.24) is 0 Å². The number of aliphatic hydroxyl groups excluding tert-OH is 1. The number of unbranched alkanes of at least 4 members (excludes halogenated alkanes) is 1. The lowest BCUT2D eigenvalue weighted by Crippen LogP contribution is -2.65. The van der Waals surface area contributed by atoms with Crippen LogP contribution in [0.3, 0.4) is 0 Å². The fourth-order valence-electron chi connectivity index (χ4n) is 4.70. The van der Waals surface area contributed by atoms with E-state index in [-0.39, 0.29) is 11.6 Å². The largest absolute Gasteiger partial charge is 0.493 e. The van der Waals surface area contributed by atoms with Crippen LogP contribution in [0.4, 0.5) is 4.39 Å². The van der Waals surface area contributed by atoms with Crippen molar-refractivity contribution in [2.75, 3.05) is 19.8 Å². The van der Waals surface area contributed by atoms with Gasteiger partial charge in [-0.25, -0.2) is 4.39 Å². The Hall–Kier alpha value is -2.51. The molecule has 0 saturated heterocycles. The Bertz CT molecular complexity index is 1020. The van der Waals surface area contributed by atoms with Crippen molar-refractivity contribution in [3.05, 3.63) is 90.2 Å². The van der Waals surface area contributed by atoms with Crippen LogP contribution in [0.25, 0.3) is 0 Å². The van der Waals surface area contributed by atoms with Crippen molar-refractivity contribution in [3.63, 3.8) is 0 Å². The topological polar surface area (TPSA) is 58.9 Å². The summed E-state index contributed by atoms with van der Waals surface area (Å²) in [5.74, 6) is 0.150. The minimum atomic E-state index is -3.09. The van der Waals surface area contributed by atoms with Crippen LogP contribution in [0.5, 0.6) is 5.75 Å². The second-order valence-corrected chi connectivity index (χ2v) is 13.8. The number of halogens is 1. The summed E-state index contributed by atoms with van der Waals surface area (Å²) >= 11 is 0. The summed E-state index contributed by atoms with van der Waals surface area (Å²) in [5.41, 5.74) is 0.521. The summed E-state index contributed by atoms with van der Waals surface area (Å²) in [6.07, 6.45) is 2.61. The quantitative estimate of drug-likeness (QED) is 0.226. The van der Waals surface area contributed by atoms with Gasteiger partial charge in [-0.2, -0.15) is 0 Å². The summed E-state index contributed by atoms with van der Waals surface area (Å²) in [6.45, 7) is 6.94. The third kappa shape index (κ3) is 6.62. The average molecular weight is 511 g/mol. The Morgan fingerprint density at radius 1 is 0.889 bits per heavy atom. The van der Waals surface area contributed by atoms with Gasteiger partial charge in [0.05, 0.1) is 13.2 Å². The molecule has 0 unspecified atom stereocenters. The van der Waals surface area contributed by atoms with Gasteiger partial charge in [0.25, 0.3) is 8.32 Å². The van der Waals surface area contributed by atoms with Gasteiger partial charge in [0, 0.05) is 12.2 Å². The van der Waals surface area contributed by atoms with Crippen LogP contribution >= 0.6 is 0 Å². The van der Waals surface area contributed by atoms with Crippen molar-refractivity contribution < 1.29 is 23.8 Å². The monoisotopic (exact) mass is 510 g/mol. The molecule has 3 aromatic rings. The zero-order chi connectivity index (χ0) is 26.0. The summed E-state index contributed by atoms with van der Waals surface area (Å²) < 4.78 is 25.9. The highest BCUT2D eigenvalue weighted by Crippen LogP contribution is 2.40. The molecule has 0 heterocycles. The summed E-state index contributed by atoms with van der Waals surface area (Å²) in [5, 5.41) is 11.6. The highest BCUT2D eigenvalue weighted by molar-refractivity contribution is 6.98. The number of hydrogen-bond donors (Lipinski definition) is 2. The Balaban J connectivity index is 1.72. The number of benzene rings is 3. The zero-order valence-corrected chi connectivity index (χ0v) is 22.6. The second-order valence-electron chi connectivity index (χ2n) is 9.86. The van der Waals surface area contributed by atoms with Crippen LogP contribution < -0.4 is 15.1 Å². The molecule has 3 rings (SSSR count). The Kier molecular flexibility index (Phi) is 10.3. The molecule has 3 aromatic carbocycles. The van der Waals surface area contributed by atoms with Crippen LogP contribution in [0.15, 0.2) is 78.9 Å². The summed E-state index contributed by atoms with van der Waals surface area (Å²) in [7, 11) is -3.09. The molecule has 0 fully saturated rings. The number of aliphatic hydroxyl groups is 1. The average Bonchev–Trinajstić information content (AvgIpc) is 2.90. The molecule has 0 aliphatic carbocycles. The van der Waals surface area contributed by atoms with Gasteiger partial charge in [-0.3, -0.25) is 0 Å². The Morgan fingerprint density at radius 3 is 2.06 bits per heavy atom. The molecule has 0 spiro atoms. The molecule has 36 heavy (non-hydrogen) atoms. The highest BCUT2D eigenvalue weighted by Gasteiger charge is 2.49.